The van der Waals surface area contributed by atoms with Crippen LogP contribution >= 0.6 is 0 Å². The first-order valence-corrected chi connectivity index (χ1v) is 17.8. The molecule has 4 aromatic rings. The number of carbonyl (C=O) groups is 4. The Balaban J connectivity index is 0.996. The van der Waals surface area contributed by atoms with Crippen molar-refractivity contribution in [2.75, 3.05) is 37.9 Å². The van der Waals surface area contributed by atoms with Gasteiger partial charge in [-0.25, -0.2) is 9.59 Å². The van der Waals surface area contributed by atoms with E-state index in [2.05, 4.69) is 10.6 Å². The largest absolute Gasteiger partial charge is 0.445 e. The molecular formula is C42H44N4O8. The lowest BCUT2D eigenvalue weighted by molar-refractivity contribution is -0.120. The van der Waals surface area contributed by atoms with Gasteiger partial charge in [0.1, 0.15) is 25.3 Å². The van der Waals surface area contributed by atoms with E-state index in [9.17, 15) is 19.2 Å². The molecule has 12 heteroatoms. The van der Waals surface area contributed by atoms with Crippen molar-refractivity contribution in [1.29, 1.82) is 0 Å². The number of amides is 4. The van der Waals surface area contributed by atoms with Gasteiger partial charge in [-0.2, -0.15) is 0 Å². The first-order chi connectivity index (χ1) is 26.3. The maximum Gasteiger partial charge on any atom is 0.410 e. The third-order valence-corrected chi connectivity index (χ3v) is 9.50. The van der Waals surface area contributed by atoms with E-state index in [0.29, 0.717) is 24.2 Å². The summed E-state index contributed by atoms with van der Waals surface area (Å²) in [5.41, 5.74) is 4.72. The Bertz CT molecular complexity index is 1770. The van der Waals surface area contributed by atoms with Gasteiger partial charge in [-0.3, -0.25) is 19.4 Å². The van der Waals surface area contributed by atoms with Crippen LogP contribution < -0.4 is 10.6 Å². The van der Waals surface area contributed by atoms with E-state index in [0.717, 1.165) is 22.3 Å². The summed E-state index contributed by atoms with van der Waals surface area (Å²) in [7, 11) is 3.13. The SMILES string of the molecule is CO[C@H]1C[C@@H](C(=O)Nc2ccc(/C=C/c3ccc(NC(=O)[C@@H]4C[C@H](OC)CN4C(=O)OCc4ccccc4)cc3)cc2)N(C(=O)OCc2ccccc2)C1. The van der Waals surface area contributed by atoms with Gasteiger partial charge in [0.25, 0.3) is 0 Å². The molecule has 0 radical (unpaired) electrons. The molecule has 280 valence electrons. The molecule has 12 nitrogen and oxygen atoms in total. The zero-order chi connectivity index (χ0) is 37.9. The molecule has 2 heterocycles. The van der Waals surface area contributed by atoms with Crippen LogP contribution in [0.1, 0.15) is 35.1 Å². The number of nitrogens with zero attached hydrogens (tertiary/aromatic N) is 2. The van der Waals surface area contributed by atoms with E-state index < -0.39 is 24.3 Å². The molecule has 2 fully saturated rings. The average molecular weight is 733 g/mol. The summed E-state index contributed by atoms with van der Waals surface area (Å²) in [6, 6.07) is 32.0. The molecule has 2 saturated heterocycles. The lowest BCUT2D eigenvalue weighted by atomic mass is 10.1. The summed E-state index contributed by atoms with van der Waals surface area (Å²) < 4.78 is 21.9. The van der Waals surface area contributed by atoms with Crippen LogP contribution in [-0.4, -0.2) is 85.4 Å². The van der Waals surface area contributed by atoms with Crippen molar-refractivity contribution in [3.05, 3.63) is 131 Å². The summed E-state index contributed by atoms with van der Waals surface area (Å²) in [5.74, 6) is -0.632. The van der Waals surface area contributed by atoms with E-state index in [1.54, 1.807) is 38.5 Å². The van der Waals surface area contributed by atoms with Gasteiger partial charge in [-0.15, -0.1) is 0 Å². The highest BCUT2D eigenvalue weighted by molar-refractivity contribution is 5.98. The third kappa shape index (κ3) is 9.91. The standard InChI is InChI=1S/C42H44N4O8/c1-51-35-23-37(45(25-35)41(49)53-27-31-9-5-3-6-10-31)39(47)43-33-19-15-29(16-20-33)13-14-30-17-21-34(22-18-30)44-40(48)38-24-36(52-2)26-46(38)42(50)54-28-32-11-7-4-8-12-32/h3-22,35-38H,23-28H2,1-2H3,(H,43,47)(H,44,48)/b14-13+/t35-,36-,37-,38-/m0/s1. The fourth-order valence-electron chi connectivity index (χ4n) is 6.44. The molecule has 6 rings (SSSR count). The van der Waals surface area contributed by atoms with Crippen LogP contribution in [0, 0.1) is 0 Å². The second-order valence-electron chi connectivity index (χ2n) is 13.2. The van der Waals surface area contributed by atoms with Crippen LogP contribution in [0.25, 0.3) is 12.2 Å². The van der Waals surface area contributed by atoms with Crippen molar-refractivity contribution in [1.82, 2.24) is 9.80 Å². The number of carbonyl (C=O) groups excluding carboxylic acids is 4. The smallest absolute Gasteiger partial charge is 0.410 e. The molecule has 2 N–H and O–H groups in total. The van der Waals surface area contributed by atoms with E-state index in [1.165, 1.54) is 9.80 Å². The molecule has 0 saturated carbocycles. The fourth-order valence-corrected chi connectivity index (χ4v) is 6.44. The van der Waals surface area contributed by atoms with Gasteiger partial charge in [0.15, 0.2) is 0 Å². The number of benzene rings is 4. The second kappa shape index (κ2) is 18.2. The first-order valence-electron chi connectivity index (χ1n) is 17.8. The van der Waals surface area contributed by atoms with E-state index in [4.69, 9.17) is 18.9 Å². The Morgan fingerprint density at radius 3 is 1.30 bits per heavy atom. The van der Waals surface area contributed by atoms with Crippen LogP contribution in [0.2, 0.25) is 0 Å². The zero-order valence-electron chi connectivity index (χ0n) is 30.3. The number of likely N-dealkylation sites (tertiary alicyclic amines) is 2. The quantitative estimate of drug-likeness (QED) is 0.156. The van der Waals surface area contributed by atoms with Gasteiger partial charge in [-0.1, -0.05) is 97.1 Å². The highest BCUT2D eigenvalue weighted by Gasteiger charge is 2.42. The van der Waals surface area contributed by atoms with Crippen LogP contribution in [-0.2, 0) is 41.8 Å². The number of hydrogen-bond acceptors (Lipinski definition) is 8. The van der Waals surface area contributed by atoms with Gasteiger partial charge in [0.05, 0.1) is 25.3 Å². The summed E-state index contributed by atoms with van der Waals surface area (Å²) in [6.45, 7) is 0.753. The van der Waals surface area contributed by atoms with Crippen LogP contribution in [0.15, 0.2) is 109 Å². The van der Waals surface area contributed by atoms with Crippen LogP contribution in [0.5, 0.6) is 0 Å². The Morgan fingerprint density at radius 2 is 0.944 bits per heavy atom. The molecule has 4 aromatic carbocycles. The Morgan fingerprint density at radius 1 is 0.574 bits per heavy atom. The molecule has 4 atom stereocenters. The maximum atomic E-state index is 13.3. The second-order valence-corrected chi connectivity index (χ2v) is 13.2. The monoisotopic (exact) mass is 732 g/mol. The molecule has 0 unspecified atom stereocenters. The Hall–Kier alpha value is -5.98. The molecule has 4 amide bonds. The lowest BCUT2D eigenvalue weighted by Gasteiger charge is -2.23. The predicted molar refractivity (Wildman–Crippen MR) is 204 cm³/mol. The molecule has 2 aliphatic rings. The highest BCUT2D eigenvalue weighted by atomic mass is 16.6. The third-order valence-electron chi connectivity index (χ3n) is 9.50. The summed E-state index contributed by atoms with van der Waals surface area (Å²) in [5, 5.41) is 5.84. The number of nitrogens with one attached hydrogen (secondary N) is 2. The number of rotatable bonds is 12. The number of hydrogen-bond donors (Lipinski definition) is 2. The van der Waals surface area contributed by atoms with Gasteiger partial charge in [0, 0.05) is 38.4 Å². The van der Waals surface area contributed by atoms with Crippen molar-refractivity contribution in [2.24, 2.45) is 0 Å². The van der Waals surface area contributed by atoms with Gasteiger partial charge in [-0.05, 0) is 46.5 Å². The molecule has 0 aromatic heterocycles. The minimum atomic E-state index is -0.730. The topological polar surface area (TPSA) is 136 Å². The van der Waals surface area contributed by atoms with E-state index in [1.807, 2.05) is 97.1 Å². The summed E-state index contributed by atoms with van der Waals surface area (Å²) >= 11 is 0. The van der Waals surface area contributed by atoms with E-state index >= 15 is 0 Å². The highest BCUT2D eigenvalue weighted by Crippen LogP contribution is 2.25. The van der Waals surface area contributed by atoms with Gasteiger partial charge in [0.2, 0.25) is 11.8 Å². The minimum absolute atomic E-state index is 0.113. The molecule has 54 heavy (non-hydrogen) atoms. The number of ether oxygens (including phenoxy) is 4. The first kappa shape index (κ1) is 37.8. The molecule has 0 bridgehead atoms. The summed E-state index contributed by atoms with van der Waals surface area (Å²) in [6.07, 6.45) is 2.93. The fraction of sp³-hybridized carbons (Fsp3) is 0.286. The zero-order valence-corrected chi connectivity index (χ0v) is 30.3. The van der Waals surface area contributed by atoms with Gasteiger partial charge < -0.3 is 29.6 Å². The minimum Gasteiger partial charge on any atom is -0.445 e. The van der Waals surface area contributed by atoms with Crippen molar-refractivity contribution in [3.8, 4) is 0 Å². The lowest BCUT2D eigenvalue weighted by Crippen LogP contribution is -2.43. The molecule has 2 aliphatic heterocycles. The molecule has 0 aliphatic carbocycles. The molecule has 0 spiro atoms. The number of anilines is 2. The van der Waals surface area contributed by atoms with Crippen molar-refractivity contribution < 1.29 is 38.1 Å². The Labute approximate surface area is 314 Å². The Kier molecular flexibility index (Phi) is 12.7. The average Bonchev–Trinajstić information content (AvgIpc) is 3.86. The molecular weight excluding hydrogens is 688 g/mol. The van der Waals surface area contributed by atoms with Crippen LogP contribution in [0.4, 0.5) is 21.0 Å². The predicted octanol–water partition coefficient (Wildman–Crippen LogP) is 6.59. The number of methoxy groups -OCH3 is 2. The van der Waals surface area contributed by atoms with Crippen molar-refractivity contribution in [3.63, 3.8) is 0 Å². The van der Waals surface area contributed by atoms with Gasteiger partial charge >= 0.3 is 12.2 Å². The normalized spacial score (nSPS) is 19.4. The maximum absolute atomic E-state index is 13.3. The van der Waals surface area contributed by atoms with Crippen molar-refractivity contribution >= 4 is 47.5 Å². The summed E-state index contributed by atoms with van der Waals surface area (Å²) in [4.78, 5) is 55.3. The van der Waals surface area contributed by atoms with Crippen LogP contribution in [0.3, 0.4) is 0 Å². The van der Waals surface area contributed by atoms with E-state index in [-0.39, 0.29) is 50.3 Å². The van der Waals surface area contributed by atoms with Crippen molar-refractivity contribution in [2.45, 2.75) is 50.3 Å².